The molecule has 0 spiro atoms. The van der Waals surface area contributed by atoms with E-state index in [1.54, 1.807) is 13.0 Å². The van der Waals surface area contributed by atoms with Crippen molar-refractivity contribution in [3.05, 3.63) is 27.7 Å². The van der Waals surface area contributed by atoms with E-state index in [1.165, 1.54) is 6.07 Å². The molecule has 1 rings (SSSR count). The second-order valence-electron chi connectivity index (χ2n) is 4.00. The predicted octanol–water partition coefficient (Wildman–Crippen LogP) is 2.78. The van der Waals surface area contributed by atoms with E-state index in [0.717, 1.165) is 5.56 Å². The summed E-state index contributed by atoms with van der Waals surface area (Å²) in [7, 11) is -3.41. The molecule has 1 aromatic carbocycles. The van der Waals surface area contributed by atoms with Gasteiger partial charge >= 0.3 is 0 Å². The number of hydrogen-bond acceptors (Lipinski definition) is 3. The third-order valence-electron chi connectivity index (χ3n) is 2.38. The summed E-state index contributed by atoms with van der Waals surface area (Å²) in [6, 6.07) is 3.14. The fraction of sp³-hybridized carbons (Fsp3) is 0.455. The number of benzene rings is 1. The first-order chi connectivity index (χ1) is 8.35. The standard InChI is InChI=1S/C11H16Cl2N2O2S/c1-8-6-10(13)11(7-9(8)12)15-18(16,17)5-3-2-4-14/h6-7,15H,2-5,14H2,1H3. The molecule has 0 saturated carbocycles. The Morgan fingerprint density at radius 3 is 2.50 bits per heavy atom. The van der Waals surface area contributed by atoms with E-state index >= 15 is 0 Å². The lowest BCUT2D eigenvalue weighted by molar-refractivity contribution is 0.597. The lowest BCUT2D eigenvalue weighted by atomic mass is 10.2. The molecule has 0 heterocycles. The highest BCUT2D eigenvalue weighted by Gasteiger charge is 2.13. The Hall–Kier alpha value is -0.490. The molecule has 0 saturated heterocycles. The van der Waals surface area contributed by atoms with Gasteiger partial charge in [0.15, 0.2) is 0 Å². The molecule has 0 radical (unpaired) electrons. The molecule has 0 unspecified atom stereocenters. The zero-order valence-electron chi connectivity index (χ0n) is 10.0. The molecule has 0 bridgehead atoms. The van der Waals surface area contributed by atoms with Gasteiger partial charge in [-0.2, -0.15) is 0 Å². The summed E-state index contributed by atoms with van der Waals surface area (Å²) in [6.45, 7) is 2.28. The number of nitrogens with one attached hydrogen (secondary N) is 1. The monoisotopic (exact) mass is 310 g/mol. The van der Waals surface area contributed by atoms with Crippen molar-refractivity contribution >= 4 is 38.9 Å². The number of hydrogen-bond donors (Lipinski definition) is 2. The number of anilines is 1. The maximum Gasteiger partial charge on any atom is 0.232 e. The predicted molar refractivity (Wildman–Crippen MR) is 76.9 cm³/mol. The van der Waals surface area contributed by atoms with Gasteiger partial charge in [0.1, 0.15) is 0 Å². The average Bonchev–Trinajstić information content (AvgIpc) is 2.26. The molecule has 3 N–H and O–H groups in total. The molecule has 1 aromatic rings. The summed E-state index contributed by atoms with van der Waals surface area (Å²) >= 11 is 11.9. The first-order valence-corrected chi connectivity index (χ1v) is 7.93. The summed E-state index contributed by atoms with van der Waals surface area (Å²) in [5.74, 6) is 0.0199. The average molecular weight is 311 g/mol. The molecule has 0 atom stereocenters. The number of sulfonamides is 1. The fourth-order valence-corrected chi connectivity index (χ4v) is 3.05. The Kier molecular flexibility index (Phi) is 5.72. The van der Waals surface area contributed by atoms with Crippen LogP contribution in [-0.2, 0) is 10.0 Å². The molecule has 0 amide bonds. The van der Waals surface area contributed by atoms with E-state index in [-0.39, 0.29) is 5.75 Å². The zero-order valence-corrected chi connectivity index (χ0v) is 12.4. The van der Waals surface area contributed by atoms with Crippen LogP contribution in [0.25, 0.3) is 0 Å². The Morgan fingerprint density at radius 2 is 1.89 bits per heavy atom. The highest BCUT2D eigenvalue weighted by molar-refractivity contribution is 7.92. The summed E-state index contributed by atoms with van der Waals surface area (Å²) in [5, 5.41) is 0.804. The SMILES string of the molecule is Cc1cc(Cl)c(NS(=O)(=O)CCCCN)cc1Cl. The van der Waals surface area contributed by atoms with Crippen LogP contribution in [0.1, 0.15) is 18.4 Å². The largest absolute Gasteiger partial charge is 0.330 e. The molecule has 0 fully saturated rings. The second-order valence-corrected chi connectivity index (χ2v) is 6.65. The Balaban J connectivity index is 2.81. The normalized spacial score (nSPS) is 11.6. The number of aryl methyl sites for hydroxylation is 1. The van der Waals surface area contributed by atoms with Gasteiger partial charge in [-0.1, -0.05) is 23.2 Å². The molecule has 4 nitrogen and oxygen atoms in total. The minimum Gasteiger partial charge on any atom is -0.330 e. The Bertz CT molecular complexity index is 518. The van der Waals surface area contributed by atoms with Crippen molar-refractivity contribution in [3.8, 4) is 0 Å². The summed E-state index contributed by atoms with van der Waals surface area (Å²) < 4.78 is 26.0. The van der Waals surface area contributed by atoms with Crippen LogP contribution < -0.4 is 10.5 Å². The number of unbranched alkanes of at least 4 members (excludes halogenated alkanes) is 1. The van der Waals surface area contributed by atoms with Gasteiger partial charge in [-0.3, -0.25) is 4.72 Å². The van der Waals surface area contributed by atoms with Gasteiger partial charge in [0.2, 0.25) is 10.0 Å². The second kappa shape index (κ2) is 6.61. The van der Waals surface area contributed by atoms with Crippen LogP contribution in [0.2, 0.25) is 10.0 Å². The van der Waals surface area contributed by atoms with Crippen LogP contribution in [0.5, 0.6) is 0 Å². The minimum absolute atomic E-state index is 0.0199. The van der Waals surface area contributed by atoms with E-state index < -0.39 is 10.0 Å². The van der Waals surface area contributed by atoms with Gasteiger partial charge in [0.25, 0.3) is 0 Å². The molecule has 0 aromatic heterocycles. The molecule has 102 valence electrons. The van der Waals surface area contributed by atoms with Gasteiger partial charge < -0.3 is 5.73 Å². The van der Waals surface area contributed by atoms with Gasteiger partial charge in [-0.05, 0) is 44.0 Å². The highest BCUT2D eigenvalue weighted by Crippen LogP contribution is 2.29. The van der Waals surface area contributed by atoms with E-state index in [1.807, 2.05) is 0 Å². The van der Waals surface area contributed by atoms with Crippen molar-refractivity contribution in [2.75, 3.05) is 17.0 Å². The minimum atomic E-state index is -3.41. The lowest BCUT2D eigenvalue weighted by Crippen LogP contribution is -2.17. The first-order valence-electron chi connectivity index (χ1n) is 5.52. The maximum absolute atomic E-state index is 11.8. The summed E-state index contributed by atoms with van der Waals surface area (Å²) in [4.78, 5) is 0. The van der Waals surface area contributed by atoms with Crippen LogP contribution in [0.4, 0.5) is 5.69 Å². The van der Waals surface area contributed by atoms with Crippen LogP contribution in [0, 0.1) is 6.92 Å². The van der Waals surface area contributed by atoms with Crippen LogP contribution in [-0.4, -0.2) is 20.7 Å². The fourth-order valence-electron chi connectivity index (χ4n) is 1.38. The van der Waals surface area contributed by atoms with Crippen molar-refractivity contribution in [2.45, 2.75) is 19.8 Å². The van der Waals surface area contributed by atoms with Crippen molar-refractivity contribution in [3.63, 3.8) is 0 Å². The van der Waals surface area contributed by atoms with Crippen molar-refractivity contribution < 1.29 is 8.42 Å². The van der Waals surface area contributed by atoms with Gasteiger partial charge in [-0.25, -0.2) is 8.42 Å². The van der Waals surface area contributed by atoms with E-state index in [0.29, 0.717) is 35.1 Å². The highest BCUT2D eigenvalue weighted by atomic mass is 35.5. The molecule has 0 aliphatic rings. The van der Waals surface area contributed by atoms with Gasteiger partial charge in [-0.15, -0.1) is 0 Å². The molecular formula is C11H16Cl2N2O2S. The Labute approximate surface area is 118 Å². The number of halogens is 2. The zero-order chi connectivity index (χ0) is 13.8. The van der Waals surface area contributed by atoms with Crippen molar-refractivity contribution in [1.82, 2.24) is 0 Å². The summed E-state index contributed by atoms with van der Waals surface area (Å²) in [5.41, 5.74) is 6.42. The molecule has 7 heteroatoms. The van der Waals surface area contributed by atoms with Crippen LogP contribution in [0.15, 0.2) is 12.1 Å². The molecule has 0 aliphatic heterocycles. The topological polar surface area (TPSA) is 72.2 Å². The molecule has 0 aliphatic carbocycles. The van der Waals surface area contributed by atoms with Gasteiger partial charge in [0.05, 0.1) is 16.5 Å². The molecular weight excluding hydrogens is 295 g/mol. The first kappa shape index (κ1) is 15.6. The van der Waals surface area contributed by atoms with E-state index in [4.69, 9.17) is 28.9 Å². The number of nitrogens with two attached hydrogens (primary N) is 1. The van der Waals surface area contributed by atoms with E-state index in [2.05, 4.69) is 4.72 Å². The van der Waals surface area contributed by atoms with Crippen LogP contribution >= 0.6 is 23.2 Å². The third-order valence-corrected chi connectivity index (χ3v) is 4.46. The molecule has 18 heavy (non-hydrogen) atoms. The summed E-state index contributed by atoms with van der Waals surface area (Å²) in [6.07, 6.45) is 1.19. The smallest absolute Gasteiger partial charge is 0.232 e. The van der Waals surface area contributed by atoms with Crippen molar-refractivity contribution in [1.29, 1.82) is 0 Å². The Morgan fingerprint density at radius 1 is 1.22 bits per heavy atom. The third kappa shape index (κ3) is 4.65. The van der Waals surface area contributed by atoms with E-state index in [9.17, 15) is 8.42 Å². The van der Waals surface area contributed by atoms with Crippen molar-refractivity contribution in [2.24, 2.45) is 5.73 Å². The maximum atomic E-state index is 11.8. The lowest BCUT2D eigenvalue weighted by Gasteiger charge is -2.11. The van der Waals surface area contributed by atoms with Gasteiger partial charge in [0, 0.05) is 5.02 Å². The number of rotatable bonds is 6. The van der Waals surface area contributed by atoms with Crippen LogP contribution in [0.3, 0.4) is 0 Å². The quantitative estimate of drug-likeness (QED) is 0.794.